The second-order valence-electron chi connectivity index (χ2n) is 18.7. The van der Waals surface area contributed by atoms with Crippen molar-refractivity contribution >= 4 is 40.4 Å². The van der Waals surface area contributed by atoms with Crippen LogP contribution in [0.1, 0.15) is 60.5 Å². The van der Waals surface area contributed by atoms with Crippen LogP contribution in [-0.4, -0.2) is 141 Å². The van der Waals surface area contributed by atoms with Gasteiger partial charge in [0.25, 0.3) is 5.91 Å². The van der Waals surface area contributed by atoms with Gasteiger partial charge in [0, 0.05) is 87.4 Å². The normalized spacial score (nSPS) is 22.9. The number of ether oxygens (including phenoxy) is 2. The van der Waals surface area contributed by atoms with Crippen LogP contribution in [0.15, 0.2) is 73.4 Å². The number of piperazine rings is 2. The standard InChI is InChI=1S/C50H50F3N13O5/c1-70-43-18-42(38(53)17-40(43)58-39-10-12-45(67)60-49(39)68)62-15-13-61(14-16-62)32-6-8-33(9-7-32)64-23-31(22-56-64)41-26-65-48(30(19-54)21-57-65)47(59-41)29-5-11-44(55-20-29)63-24-34-27-71-28-35(25-63)66(34)50(69)46-36(51)3-2-4-37(46)52/h2-5,11,17-18,20-23,26,32-35,39,58H,6-10,12-16,24-25,27-28H2,1H3,(H,60,67,68)/t32?,33?,34-,35+,39?. The number of morpholine rings is 1. The van der Waals surface area contributed by atoms with Crippen LogP contribution in [0.5, 0.6) is 5.75 Å². The third-order valence-electron chi connectivity index (χ3n) is 14.6. The van der Waals surface area contributed by atoms with Crippen LogP contribution < -0.4 is 25.2 Å². The first-order valence-corrected chi connectivity index (χ1v) is 23.9. The number of pyridine rings is 1. The van der Waals surface area contributed by atoms with E-state index >= 15 is 4.39 Å². The van der Waals surface area contributed by atoms with Gasteiger partial charge in [-0.15, -0.1) is 0 Å². The molecule has 0 radical (unpaired) electrons. The molecule has 2 N–H and O–H groups in total. The van der Waals surface area contributed by atoms with E-state index in [1.165, 1.54) is 25.4 Å². The molecule has 0 spiro atoms. The smallest absolute Gasteiger partial charge is 0.260 e. The van der Waals surface area contributed by atoms with Gasteiger partial charge in [-0.3, -0.25) is 29.3 Å². The van der Waals surface area contributed by atoms with Crippen molar-refractivity contribution in [2.24, 2.45) is 0 Å². The van der Waals surface area contributed by atoms with Crippen LogP contribution in [0, 0.1) is 28.8 Å². The number of benzene rings is 2. The zero-order valence-corrected chi connectivity index (χ0v) is 38.8. The van der Waals surface area contributed by atoms with Crippen molar-refractivity contribution in [2.45, 2.75) is 68.7 Å². The number of carbonyl (C=O) groups excluding carboxylic acids is 3. The Balaban J connectivity index is 0.733. The maximum atomic E-state index is 15.6. The fourth-order valence-electron chi connectivity index (χ4n) is 10.9. The quantitative estimate of drug-likeness (QED) is 0.170. The molecule has 3 amide bonds. The van der Waals surface area contributed by atoms with Crippen LogP contribution in [-0.2, 0) is 14.3 Å². The second kappa shape index (κ2) is 19.0. The fraction of sp³-hybridized carbons (Fsp3) is 0.400. The fourth-order valence-corrected chi connectivity index (χ4v) is 10.9. The summed E-state index contributed by atoms with van der Waals surface area (Å²) in [7, 11) is 1.51. The van der Waals surface area contributed by atoms with Gasteiger partial charge in [-0.05, 0) is 56.4 Å². The van der Waals surface area contributed by atoms with Gasteiger partial charge in [-0.1, -0.05) is 6.07 Å². The summed E-state index contributed by atoms with van der Waals surface area (Å²) in [6.07, 6.45) is 13.2. The third-order valence-corrected chi connectivity index (χ3v) is 14.6. The summed E-state index contributed by atoms with van der Waals surface area (Å²) >= 11 is 0. The molecule has 11 rings (SSSR count). The lowest BCUT2D eigenvalue weighted by Crippen LogP contribution is -2.66. The van der Waals surface area contributed by atoms with Crippen LogP contribution in [0.4, 0.5) is 30.4 Å². The lowest BCUT2D eigenvalue weighted by Gasteiger charge is -2.50. The molecule has 4 aromatic heterocycles. The monoisotopic (exact) mass is 969 g/mol. The lowest BCUT2D eigenvalue weighted by atomic mass is 9.90. The number of halogens is 3. The third kappa shape index (κ3) is 8.75. The second-order valence-corrected chi connectivity index (χ2v) is 18.7. The Bertz CT molecular complexity index is 3040. The number of aromatic nitrogens is 6. The molecule has 71 heavy (non-hydrogen) atoms. The molecule has 366 valence electrons. The number of hydrogen-bond donors (Lipinski definition) is 2. The molecule has 2 aromatic carbocycles. The molecule has 2 bridgehead atoms. The summed E-state index contributed by atoms with van der Waals surface area (Å²) in [6.45, 7) is 3.98. The summed E-state index contributed by atoms with van der Waals surface area (Å²) < 4.78 is 60.0. The molecule has 21 heteroatoms. The van der Waals surface area contributed by atoms with E-state index in [-0.39, 0.29) is 31.6 Å². The number of nitrogens with zero attached hydrogens (tertiary/aromatic N) is 11. The minimum atomic E-state index is -0.900. The number of fused-ring (bicyclic) bond motifs is 3. The molecule has 5 aliphatic rings. The summed E-state index contributed by atoms with van der Waals surface area (Å²) in [5.41, 5.74) is 3.75. The Morgan fingerprint density at radius 2 is 1.59 bits per heavy atom. The van der Waals surface area contributed by atoms with Crippen molar-refractivity contribution in [3.8, 4) is 34.3 Å². The highest BCUT2D eigenvalue weighted by molar-refractivity contribution is 6.01. The van der Waals surface area contributed by atoms with E-state index in [2.05, 4.69) is 26.7 Å². The van der Waals surface area contributed by atoms with E-state index in [4.69, 9.17) is 24.5 Å². The number of nitrogens with one attached hydrogen (secondary N) is 2. The first-order valence-electron chi connectivity index (χ1n) is 23.9. The molecular weight excluding hydrogens is 920 g/mol. The van der Waals surface area contributed by atoms with E-state index in [0.717, 1.165) is 56.5 Å². The minimum Gasteiger partial charge on any atom is -0.495 e. The first kappa shape index (κ1) is 45.8. The SMILES string of the molecule is COc1cc(N2CCN(C3CCC(n4cc(-c5cn6ncc(C#N)c6c(-c6ccc(N7C[C@H]8COC[C@@H](C7)N8C(=O)c7c(F)cccc7F)nc6)n5)cn4)CC3)CC2)c(F)cc1NC1CCC(=O)NC1=O. The molecule has 18 nitrogen and oxygen atoms in total. The Morgan fingerprint density at radius 1 is 0.845 bits per heavy atom. The number of carbonyl (C=O) groups is 3. The predicted molar refractivity (Wildman–Crippen MR) is 253 cm³/mol. The van der Waals surface area contributed by atoms with Crippen molar-refractivity contribution in [3.05, 3.63) is 102 Å². The van der Waals surface area contributed by atoms with Crippen molar-refractivity contribution in [1.29, 1.82) is 5.26 Å². The lowest BCUT2D eigenvalue weighted by molar-refractivity contribution is -0.133. The van der Waals surface area contributed by atoms with Gasteiger partial charge >= 0.3 is 0 Å². The Hall–Kier alpha value is -7.57. The van der Waals surface area contributed by atoms with E-state index < -0.39 is 53.0 Å². The molecule has 3 atom stereocenters. The Kier molecular flexibility index (Phi) is 12.3. The van der Waals surface area contributed by atoms with Gasteiger partial charge in [0.2, 0.25) is 11.8 Å². The number of rotatable bonds is 10. The zero-order chi connectivity index (χ0) is 48.9. The van der Waals surface area contributed by atoms with E-state index in [9.17, 15) is 28.4 Å². The van der Waals surface area contributed by atoms with Crippen LogP contribution in [0.25, 0.3) is 28.0 Å². The highest BCUT2D eigenvalue weighted by Gasteiger charge is 2.43. The molecule has 5 fully saturated rings. The molecule has 6 aromatic rings. The number of piperidine rings is 1. The summed E-state index contributed by atoms with van der Waals surface area (Å²) in [5, 5.41) is 24.7. The summed E-state index contributed by atoms with van der Waals surface area (Å²) in [5.74, 6) is -2.59. The predicted octanol–water partition coefficient (Wildman–Crippen LogP) is 5.21. The first-order chi connectivity index (χ1) is 34.5. The number of methoxy groups -OCH3 is 1. The molecule has 8 heterocycles. The van der Waals surface area contributed by atoms with Gasteiger partial charge in [-0.25, -0.2) is 27.7 Å². The number of nitriles is 1. The number of amides is 3. The van der Waals surface area contributed by atoms with Gasteiger partial charge < -0.3 is 29.5 Å². The molecule has 1 aliphatic carbocycles. The average Bonchev–Trinajstić information content (AvgIpc) is 4.05. The molecular formula is C50H50F3N13O5. The number of hydrogen-bond acceptors (Lipinski definition) is 14. The Labute approximate surface area is 405 Å². The summed E-state index contributed by atoms with van der Waals surface area (Å²) in [6, 6.07) is 11.4. The minimum absolute atomic E-state index is 0.191. The van der Waals surface area contributed by atoms with E-state index in [1.54, 1.807) is 34.1 Å². The molecule has 1 saturated carbocycles. The van der Waals surface area contributed by atoms with Crippen LogP contribution >= 0.6 is 0 Å². The molecule has 4 aliphatic heterocycles. The molecule has 4 saturated heterocycles. The summed E-state index contributed by atoms with van der Waals surface area (Å²) in [4.78, 5) is 55.5. The van der Waals surface area contributed by atoms with Gasteiger partial charge in [-0.2, -0.15) is 15.5 Å². The van der Waals surface area contributed by atoms with E-state index in [1.807, 2.05) is 32.8 Å². The van der Waals surface area contributed by atoms with Crippen molar-refractivity contribution < 1.29 is 37.0 Å². The highest BCUT2D eigenvalue weighted by atomic mass is 19.1. The van der Waals surface area contributed by atoms with Gasteiger partial charge in [0.1, 0.15) is 57.8 Å². The largest absolute Gasteiger partial charge is 0.495 e. The van der Waals surface area contributed by atoms with Crippen LogP contribution in [0.2, 0.25) is 0 Å². The van der Waals surface area contributed by atoms with Crippen molar-refractivity contribution in [2.75, 3.05) is 74.7 Å². The van der Waals surface area contributed by atoms with Crippen molar-refractivity contribution in [3.63, 3.8) is 0 Å². The van der Waals surface area contributed by atoms with E-state index in [0.29, 0.717) is 89.6 Å². The van der Waals surface area contributed by atoms with Gasteiger partial charge in [0.05, 0.1) is 79.8 Å². The topological polar surface area (TPSA) is 191 Å². The number of imide groups is 1. The zero-order valence-electron chi connectivity index (χ0n) is 38.8. The number of anilines is 3. The van der Waals surface area contributed by atoms with Crippen LogP contribution in [0.3, 0.4) is 0 Å². The van der Waals surface area contributed by atoms with Gasteiger partial charge in [0.15, 0.2) is 0 Å². The average molecular weight is 970 g/mol. The maximum absolute atomic E-state index is 15.6. The van der Waals surface area contributed by atoms with Crippen molar-refractivity contribution in [1.82, 2.24) is 44.5 Å². The Morgan fingerprint density at radius 3 is 2.28 bits per heavy atom. The molecule has 1 unspecified atom stereocenters. The highest BCUT2D eigenvalue weighted by Crippen LogP contribution is 2.37. The maximum Gasteiger partial charge on any atom is 0.260 e.